The maximum Gasteiger partial charge on any atom is 0.426 e. The summed E-state index contributed by atoms with van der Waals surface area (Å²) in [6, 6.07) is 18.7. The van der Waals surface area contributed by atoms with Gasteiger partial charge in [-0.3, -0.25) is 10.2 Å². The Bertz CT molecular complexity index is 910. The lowest BCUT2D eigenvalue weighted by Gasteiger charge is -2.11. The Morgan fingerprint density at radius 2 is 1.72 bits per heavy atom. The van der Waals surface area contributed by atoms with Crippen molar-refractivity contribution in [3.05, 3.63) is 66.2 Å². The van der Waals surface area contributed by atoms with Gasteiger partial charge in [0.25, 0.3) is 5.91 Å². The number of fused-ring (bicyclic) bond motifs is 1. The second-order valence-electron chi connectivity index (χ2n) is 5.24. The third kappa shape index (κ3) is 3.74. The van der Waals surface area contributed by atoms with E-state index in [1.165, 1.54) is 0 Å². The van der Waals surface area contributed by atoms with Gasteiger partial charge in [-0.1, -0.05) is 48.5 Å². The van der Waals surface area contributed by atoms with Crippen LogP contribution in [0.2, 0.25) is 0 Å². The van der Waals surface area contributed by atoms with Gasteiger partial charge in [0, 0.05) is 10.9 Å². The van der Waals surface area contributed by atoms with Gasteiger partial charge >= 0.3 is 6.09 Å². The second-order valence-corrected chi connectivity index (χ2v) is 5.24. The number of rotatable bonds is 3. The van der Waals surface area contributed by atoms with Crippen molar-refractivity contribution < 1.29 is 14.3 Å². The Kier molecular flexibility index (Phi) is 4.89. The summed E-state index contributed by atoms with van der Waals surface area (Å²) in [5.41, 5.74) is 7.29. The number of aromatic nitrogens is 1. The number of ether oxygens (including phenoxy) is 1. The molecular weight excluding hydrogens is 318 g/mol. The van der Waals surface area contributed by atoms with E-state index in [-0.39, 0.29) is 6.61 Å². The first-order valence-electron chi connectivity index (χ1n) is 7.87. The topological polar surface area (TPSA) is 80.3 Å². The molecule has 25 heavy (non-hydrogen) atoms. The third-order valence-corrected chi connectivity index (χ3v) is 3.58. The molecule has 3 rings (SSSR count). The van der Waals surface area contributed by atoms with Gasteiger partial charge in [-0.05, 0) is 19.1 Å². The van der Waals surface area contributed by atoms with Crippen LogP contribution in [0, 0.1) is 0 Å². The van der Waals surface area contributed by atoms with Crippen molar-refractivity contribution in [2.45, 2.75) is 6.92 Å². The zero-order valence-corrected chi connectivity index (χ0v) is 13.7. The lowest BCUT2D eigenvalue weighted by Crippen LogP contribution is -2.42. The molecule has 126 valence electrons. The molecule has 0 fully saturated rings. The summed E-state index contributed by atoms with van der Waals surface area (Å²) in [4.78, 5) is 28.5. The van der Waals surface area contributed by atoms with Gasteiger partial charge in [-0.2, -0.15) is 0 Å². The Labute approximate surface area is 144 Å². The molecular formula is C19H17N3O3. The number of carbonyl (C=O) groups is 2. The fraction of sp³-hybridized carbons (Fsp3) is 0.105. The fourth-order valence-electron chi connectivity index (χ4n) is 2.46. The number of benzene rings is 2. The molecule has 2 N–H and O–H groups in total. The van der Waals surface area contributed by atoms with Gasteiger partial charge in [0.05, 0.1) is 23.4 Å². The minimum atomic E-state index is -0.711. The smallest absolute Gasteiger partial charge is 0.426 e. The maximum atomic E-state index is 12.5. The van der Waals surface area contributed by atoms with Crippen molar-refractivity contribution in [2.24, 2.45) is 0 Å². The number of hydrazine groups is 1. The molecule has 6 heteroatoms. The molecule has 0 saturated carbocycles. The van der Waals surface area contributed by atoms with Crippen LogP contribution in [-0.2, 0) is 4.74 Å². The van der Waals surface area contributed by atoms with Crippen molar-refractivity contribution >= 4 is 22.9 Å². The number of nitrogens with one attached hydrogen (secondary N) is 2. The standard InChI is InChI=1S/C19H17N3O3/c1-2-25-19(24)22-21-18(23)15-12-17(13-8-4-3-5-9-13)20-16-11-7-6-10-14(15)16/h3-12H,2H2,1H3,(H,21,23)(H,22,24). The number of carbonyl (C=O) groups excluding carboxylic acids is 2. The SMILES string of the molecule is CCOC(=O)NNC(=O)c1cc(-c2ccccc2)nc2ccccc12. The lowest BCUT2D eigenvalue weighted by molar-refractivity contribution is 0.0914. The molecule has 0 saturated heterocycles. The van der Waals surface area contributed by atoms with Crippen molar-refractivity contribution in [1.82, 2.24) is 15.8 Å². The van der Waals surface area contributed by atoms with E-state index in [1.807, 2.05) is 54.6 Å². The molecule has 6 nitrogen and oxygen atoms in total. The number of hydrogen-bond acceptors (Lipinski definition) is 4. The maximum absolute atomic E-state index is 12.5. The van der Waals surface area contributed by atoms with Gasteiger partial charge in [-0.25, -0.2) is 15.2 Å². The summed E-state index contributed by atoms with van der Waals surface area (Å²) in [5, 5.41) is 0.699. The highest BCUT2D eigenvalue weighted by molar-refractivity contribution is 6.07. The van der Waals surface area contributed by atoms with E-state index in [4.69, 9.17) is 4.74 Å². The summed E-state index contributed by atoms with van der Waals surface area (Å²) in [6.45, 7) is 1.90. The van der Waals surface area contributed by atoms with Crippen LogP contribution in [0.15, 0.2) is 60.7 Å². The van der Waals surface area contributed by atoms with Crippen LogP contribution >= 0.6 is 0 Å². The molecule has 0 radical (unpaired) electrons. The Balaban J connectivity index is 1.98. The molecule has 3 aromatic rings. The molecule has 2 amide bonds. The van der Waals surface area contributed by atoms with Crippen LogP contribution in [0.4, 0.5) is 4.79 Å². The highest BCUT2D eigenvalue weighted by Gasteiger charge is 2.14. The average molecular weight is 335 g/mol. The van der Waals surface area contributed by atoms with Gasteiger partial charge in [0.1, 0.15) is 0 Å². The number of para-hydroxylation sites is 1. The van der Waals surface area contributed by atoms with Crippen molar-refractivity contribution in [3.63, 3.8) is 0 Å². The molecule has 0 bridgehead atoms. The Hall–Kier alpha value is -3.41. The number of nitrogens with zero attached hydrogens (tertiary/aromatic N) is 1. The predicted molar refractivity (Wildman–Crippen MR) is 94.8 cm³/mol. The first-order valence-corrected chi connectivity index (χ1v) is 7.87. The van der Waals surface area contributed by atoms with Crippen LogP contribution in [-0.4, -0.2) is 23.6 Å². The van der Waals surface area contributed by atoms with Crippen LogP contribution in [0.1, 0.15) is 17.3 Å². The van der Waals surface area contributed by atoms with E-state index in [9.17, 15) is 9.59 Å². The molecule has 0 aliphatic carbocycles. The first kappa shape index (κ1) is 16.4. The molecule has 0 aliphatic heterocycles. The number of hydrogen-bond donors (Lipinski definition) is 2. The van der Waals surface area contributed by atoms with E-state index >= 15 is 0 Å². The second kappa shape index (κ2) is 7.44. The summed E-state index contributed by atoms with van der Waals surface area (Å²) < 4.78 is 4.73. The monoisotopic (exact) mass is 335 g/mol. The van der Waals surface area contributed by atoms with Gasteiger partial charge in [0.2, 0.25) is 0 Å². The third-order valence-electron chi connectivity index (χ3n) is 3.58. The largest absolute Gasteiger partial charge is 0.449 e. The number of pyridine rings is 1. The molecule has 2 aromatic carbocycles. The predicted octanol–water partition coefficient (Wildman–Crippen LogP) is 3.29. The van der Waals surface area contributed by atoms with Crippen LogP contribution < -0.4 is 10.9 Å². The van der Waals surface area contributed by atoms with Crippen molar-refractivity contribution in [2.75, 3.05) is 6.61 Å². The minimum absolute atomic E-state index is 0.220. The van der Waals surface area contributed by atoms with Gasteiger partial charge < -0.3 is 4.74 Å². The zero-order chi connectivity index (χ0) is 17.6. The lowest BCUT2D eigenvalue weighted by atomic mass is 10.0. The van der Waals surface area contributed by atoms with Crippen molar-refractivity contribution in [3.8, 4) is 11.3 Å². The van der Waals surface area contributed by atoms with Crippen LogP contribution in [0.25, 0.3) is 22.2 Å². The average Bonchev–Trinajstić information content (AvgIpc) is 2.66. The van der Waals surface area contributed by atoms with E-state index in [0.717, 1.165) is 5.56 Å². The summed E-state index contributed by atoms with van der Waals surface area (Å²) in [5.74, 6) is -0.441. The van der Waals surface area contributed by atoms with Crippen molar-refractivity contribution in [1.29, 1.82) is 0 Å². The fourth-order valence-corrected chi connectivity index (χ4v) is 2.46. The first-order chi connectivity index (χ1) is 12.2. The minimum Gasteiger partial charge on any atom is -0.449 e. The number of amides is 2. The molecule has 0 atom stereocenters. The normalized spacial score (nSPS) is 10.3. The van der Waals surface area contributed by atoms with Gasteiger partial charge in [0.15, 0.2) is 0 Å². The molecule has 1 aromatic heterocycles. The molecule has 0 unspecified atom stereocenters. The highest BCUT2D eigenvalue weighted by atomic mass is 16.5. The van der Waals surface area contributed by atoms with Crippen LogP contribution in [0.5, 0.6) is 0 Å². The van der Waals surface area contributed by atoms with E-state index in [2.05, 4.69) is 15.8 Å². The van der Waals surface area contributed by atoms with Gasteiger partial charge in [-0.15, -0.1) is 0 Å². The summed E-state index contributed by atoms with van der Waals surface area (Å²) in [7, 11) is 0. The zero-order valence-electron chi connectivity index (χ0n) is 13.7. The van der Waals surface area contributed by atoms with E-state index < -0.39 is 12.0 Å². The molecule has 1 heterocycles. The quantitative estimate of drug-likeness (QED) is 0.720. The van der Waals surface area contributed by atoms with Crippen LogP contribution in [0.3, 0.4) is 0 Å². The highest BCUT2D eigenvalue weighted by Crippen LogP contribution is 2.24. The molecule has 0 spiro atoms. The summed E-state index contributed by atoms with van der Waals surface area (Å²) in [6.07, 6.45) is -0.711. The summed E-state index contributed by atoms with van der Waals surface area (Å²) >= 11 is 0. The Morgan fingerprint density at radius 1 is 1.00 bits per heavy atom. The van der Waals surface area contributed by atoms with E-state index in [1.54, 1.807) is 13.0 Å². The Morgan fingerprint density at radius 3 is 2.48 bits per heavy atom. The molecule has 0 aliphatic rings. The van der Waals surface area contributed by atoms with E-state index in [0.29, 0.717) is 22.2 Å².